The zero-order chi connectivity index (χ0) is 15.4. The lowest BCUT2D eigenvalue weighted by molar-refractivity contribution is -0.113. The van der Waals surface area contributed by atoms with Crippen LogP contribution >= 0.6 is 46.6 Å². The molecule has 0 saturated carbocycles. The zero-order valence-electron chi connectivity index (χ0n) is 10.9. The summed E-state index contributed by atoms with van der Waals surface area (Å²) < 4.78 is 1.85. The number of anilines is 1. The lowest BCUT2D eigenvalue weighted by Gasteiger charge is -2.08. The average molecular weight is 366 g/mol. The fourth-order valence-corrected chi connectivity index (χ4v) is 2.88. The molecule has 21 heavy (non-hydrogen) atoms. The van der Waals surface area contributed by atoms with Crippen molar-refractivity contribution >= 4 is 58.2 Å². The Morgan fingerprint density at radius 2 is 2.00 bits per heavy atom. The van der Waals surface area contributed by atoms with Gasteiger partial charge in [-0.05, 0) is 19.1 Å². The number of halogens is 3. The molecule has 0 spiro atoms. The van der Waals surface area contributed by atoms with Crippen LogP contribution in [0, 0.1) is 0 Å². The lowest BCUT2D eigenvalue weighted by atomic mass is 10.3. The van der Waals surface area contributed by atoms with E-state index < -0.39 is 0 Å². The molecule has 0 aliphatic heterocycles. The molecule has 0 fully saturated rings. The highest BCUT2D eigenvalue weighted by Gasteiger charge is 2.11. The second-order valence-electron chi connectivity index (χ2n) is 3.98. The van der Waals surface area contributed by atoms with E-state index in [9.17, 15) is 4.79 Å². The van der Waals surface area contributed by atoms with Crippen molar-refractivity contribution in [2.24, 2.45) is 0 Å². The fraction of sp³-hybridized carbons (Fsp3) is 0.250. The number of nitrogens with one attached hydrogen (secondary N) is 1. The minimum Gasteiger partial charge on any atom is -0.324 e. The van der Waals surface area contributed by atoms with E-state index in [4.69, 9.17) is 34.8 Å². The van der Waals surface area contributed by atoms with Crippen LogP contribution in [-0.2, 0) is 11.3 Å². The number of amides is 1. The SMILES string of the molecule is CCn1cnnc1SCC(=O)Nc1cc(Cl)c(Cl)cc1Cl. The van der Waals surface area contributed by atoms with Gasteiger partial charge in [-0.25, -0.2) is 0 Å². The first-order valence-corrected chi connectivity index (χ1v) is 8.08. The van der Waals surface area contributed by atoms with Gasteiger partial charge in [0.15, 0.2) is 5.16 Å². The Labute approximate surface area is 141 Å². The molecule has 1 aromatic heterocycles. The number of benzene rings is 1. The molecule has 0 aliphatic rings. The van der Waals surface area contributed by atoms with Crippen molar-refractivity contribution in [3.8, 4) is 0 Å². The Morgan fingerprint density at radius 1 is 1.29 bits per heavy atom. The van der Waals surface area contributed by atoms with Gasteiger partial charge in [0, 0.05) is 6.54 Å². The second kappa shape index (κ2) is 7.35. The Morgan fingerprint density at radius 3 is 2.71 bits per heavy atom. The first-order chi connectivity index (χ1) is 10.0. The Kier molecular flexibility index (Phi) is 5.75. The van der Waals surface area contributed by atoms with Gasteiger partial charge in [0.25, 0.3) is 0 Å². The number of aryl methyl sites for hydroxylation is 1. The normalized spacial score (nSPS) is 10.7. The van der Waals surface area contributed by atoms with Crippen LogP contribution in [0.3, 0.4) is 0 Å². The molecule has 9 heteroatoms. The number of carbonyl (C=O) groups excluding carboxylic acids is 1. The third-order valence-electron chi connectivity index (χ3n) is 2.54. The predicted molar refractivity (Wildman–Crippen MR) is 86.5 cm³/mol. The summed E-state index contributed by atoms with van der Waals surface area (Å²) >= 11 is 19.0. The Balaban J connectivity index is 1.98. The molecule has 0 radical (unpaired) electrons. The summed E-state index contributed by atoms with van der Waals surface area (Å²) in [6.07, 6.45) is 1.62. The standard InChI is InChI=1S/C12H11Cl3N4OS/c1-2-19-6-16-18-12(19)21-5-11(20)17-10-4-8(14)7(13)3-9(10)15/h3-4,6H,2,5H2,1H3,(H,17,20). The van der Waals surface area contributed by atoms with Crippen molar-refractivity contribution in [1.29, 1.82) is 0 Å². The molecule has 1 amide bonds. The van der Waals surface area contributed by atoms with Crippen LogP contribution in [-0.4, -0.2) is 26.4 Å². The molecule has 1 aromatic carbocycles. The predicted octanol–water partition coefficient (Wildman–Crippen LogP) is 3.99. The summed E-state index contributed by atoms with van der Waals surface area (Å²) in [7, 11) is 0. The number of aromatic nitrogens is 3. The minimum atomic E-state index is -0.217. The highest BCUT2D eigenvalue weighted by molar-refractivity contribution is 7.99. The minimum absolute atomic E-state index is 0.190. The van der Waals surface area contributed by atoms with Gasteiger partial charge < -0.3 is 9.88 Å². The highest BCUT2D eigenvalue weighted by Crippen LogP contribution is 2.32. The number of hydrogen-bond acceptors (Lipinski definition) is 4. The smallest absolute Gasteiger partial charge is 0.234 e. The Hall–Kier alpha value is -0.950. The molecular weight excluding hydrogens is 355 g/mol. The van der Waals surface area contributed by atoms with Crippen molar-refractivity contribution in [3.63, 3.8) is 0 Å². The summed E-state index contributed by atoms with van der Waals surface area (Å²) in [5.41, 5.74) is 0.425. The number of carbonyl (C=O) groups is 1. The average Bonchev–Trinajstić information content (AvgIpc) is 2.90. The largest absolute Gasteiger partial charge is 0.324 e. The van der Waals surface area contributed by atoms with Crippen LogP contribution in [0.1, 0.15) is 6.92 Å². The van der Waals surface area contributed by atoms with Gasteiger partial charge in [-0.1, -0.05) is 46.6 Å². The molecule has 112 valence electrons. The molecule has 0 unspecified atom stereocenters. The molecule has 0 saturated heterocycles. The fourth-order valence-electron chi connectivity index (χ4n) is 1.51. The van der Waals surface area contributed by atoms with Crippen LogP contribution < -0.4 is 5.32 Å². The Bertz CT molecular complexity index is 662. The van der Waals surface area contributed by atoms with E-state index in [1.807, 2.05) is 11.5 Å². The van der Waals surface area contributed by atoms with Crippen LogP contribution in [0.15, 0.2) is 23.6 Å². The highest BCUT2D eigenvalue weighted by atomic mass is 35.5. The summed E-state index contributed by atoms with van der Waals surface area (Å²) in [6.45, 7) is 2.72. The van der Waals surface area contributed by atoms with Gasteiger partial charge in [-0.2, -0.15) is 0 Å². The van der Waals surface area contributed by atoms with Crippen molar-refractivity contribution in [2.75, 3.05) is 11.1 Å². The molecule has 1 heterocycles. The quantitative estimate of drug-likeness (QED) is 0.643. The molecule has 2 aromatic rings. The lowest BCUT2D eigenvalue weighted by Crippen LogP contribution is -2.15. The maximum absolute atomic E-state index is 11.9. The van der Waals surface area contributed by atoms with Gasteiger partial charge in [-0.3, -0.25) is 4.79 Å². The van der Waals surface area contributed by atoms with E-state index in [2.05, 4.69) is 15.5 Å². The maximum Gasteiger partial charge on any atom is 0.234 e. The molecule has 5 nitrogen and oxygen atoms in total. The molecule has 0 aliphatic carbocycles. The monoisotopic (exact) mass is 364 g/mol. The van der Waals surface area contributed by atoms with Crippen molar-refractivity contribution < 1.29 is 4.79 Å². The first kappa shape index (κ1) is 16.4. The van der Waals surface area contributed by atoms with Gasteiger partial charge in [-0.15, -0.1) is 10.2 Å². The van der Waals surface area contributed by atoms with Crippen LogP contribution in [0.4, 0.5) is 5.69 Å². The van der Waals surface area contributed by atoms with Gasteiger partial charge in [0.2, 0.25) is 5.91 Å². The van der Waals surface area contributed by atoms with Crippen molar-refractivity contribution in [3.05, 3.63) is 33.5 Å². The number of nitrogens with zero attached hydrogens (tertiary/aromatic N) is 3. The number of rotatable bonds is 5. The molecule has 2 rings (SSSR count). The summed E-state index contributed by atoms with van der Waals surface area (Å²) in [5.74, 6) is -0.0270. The number of hydrogen-bond donors (Lipinski definition) is 1. The third-order valence-corrected chi connectivity index (χ3v) is 4.55. The topological polar surface area (TPSA) is 59.8 Å². The summed E-state index contributed by atoms with van der Waals surface area (Å²) in [6, 6.07) is 3.01. The van der Waals surface area contributed by atoms with Crippen LogP contribution in [0.2, 0.25) is 15.1 Å². The maximum atomic E-state index is 11.9. The van der Waals surface area contributed by atoms with Crippen molar-refractivity contribution in [2.45, 2.75) is 18.6 Å². The van der Waals surface area contributed by atoms with E-state index in [1.54, 1.807) is 6.33 Å². The summed E-state index contributed by atoms with van der Waals surface area (Å²) in [5, 5.41) is 12.1. The van der Waals surface area contributed by atoms with Crippen molar-refractivity contribution in [1.82, 2.24) is 14.8 Å². The van der Waals surface area contributed by atoms with Crippen LogP contribution in [0.5, 0.6) is 0 Å². The van der Waals surface area contributed by atoms with Gasteiger partial charge in [0.05, 0.1) is 26.5 Å². The zero-order valence-corrected chi connectivity index (χ0v) is 14.0. The van der Waals surface area contributed by atoms with E-state index in [0.717, 1.165) is 6.54 Å². The molecular formula is C12H11Cl3N4OS. The second-order valence-corrected chi connectivity index (χ2v) is 6.15. The third kappa shape index (κ3) is 4.26. The van der Waals surface area contributed by atoms with Gasteiger partial charge >= 0.3 is 0 Å². The van der Waals surface area contributed by atoms with Gasteiger partial charge in [0.1, 0.15) is 6.33 Å². The van der Waals surface area contributed by atoms with Crippen LogP contribution in [0.25, 0.3) is 0 Å². The van der Waals surface area contributed by atoms with E-state index in [1.165, 1.54) is 23.9 Å². The molecule has 0 bridgehead atoms. The molecule has 0 atom stereocenters. The number of thioether (sulfide) groups is 1. The summed E-state index contributed by atoms with van der Waals surface area (Å²) in [4.78, 5) is 11.9. The van der Waals surface area contributed by atoms with E-state index in [-0.39, 0.29) is 11.7 Å². The van der Waals surface area contributed by atoms with E-state index >= 15 is 0 Å². The van der Waals surface area contributed by atoms with E-state index in [0.29, 0.717) is 25.9 Å². The first-order valence-electron chi connectivity index (χ1n) is 5.96. The molecule has 1 N–H and O–H groups in total.